The number of benzene rings is 1. The Labute approximate surface area is 158 Å². The van der Waals surface area contributed by atoms with Crippen molar-refractivity contribution >= 4 is 23.5 Å². The van der Waals surface area contributed by atoms with Gasteiger partial charge in [0.1, 0.15) is 11.8 Å². The summed E-state index contributed by atoms with van der Waals surface area (Å²) in [7, 11) is 1.51. The second-order valence-electron chi connectivity index (χ2n) is 6.78. The normalized spacial score (nSPS) is 22.3. The van der Waals surface area contributed by atoms with E-state index in [9.17, 15) is 9.59 Å². The van der Waals surface area contributed by atoms with Crippen LogP contribution in [0, 0.1) is 5.92 Å². The lowest BCUT2D eigenvalue weighted by atomic mass is 9.95. The Morgan fingerprint density at radius 2 is 2.12 bits per heavy atom. The third-order valence-electron chi connectivity index (χ3n) is 5.02. The van der Waals surface area contributed by atoms with Crippen LogP contribution in [0.25, 0.3) is 0 Å². The Balaban J connectivity index is 1.67. The molecule has 0 aromatic heterocycles. The Morgan fingerprint density at radius 3 is 2.85 bits per heavy atom. The molecular weight excluding hydrogens is 354 g/mol. The summed E-state index contributed by atoms with van der Waals surface area (Å²) in [6, 6.07) is 4.38. The molecule has 1 aromatic carbocycles. The molecule has 0 radical (unpaired) electrons. The number of allylic oxidation sites excluding steroid dienone is 2. The highest BCUT2D eigenvalue weighted by atomic mass is 35.5. The zero-order valence-electron chi connectivity index (χ0n) is 14.9. The highest BCUT2D eigenvalue weighted by Crippen LogP contribution is 2.28. The third kappa shape index (κ3) is 4.21. The summed E-state index contributed by atoms with van der Waals surface area (Å²) < 4.78 is 10.8. The maximum atomic E-state index is 13.0. The first kappa shape index (κ1) is 18.8. The summed E-state index contributed by atoms with van der Waals surface area (Å²) in [5.41, 5.74) is 0.372. The second-order valence-corrected chi connectivity index (χ2v) is 7.22. The molecule has 1 aliphatic carbocycles. The maximum Gasteiger partial charge on any atom is 0.328 e. The second kappa shape index (κ2) is 8.58. The minimum Gasteiger partial charge on any atom is -0.496 e. The first-order valence-electron chi connectivity index (χ1n) is 9.06. The van der Waals surface area contributed by atoms with Crippen molar-refractivity contribution in [3.05, 3.63) is 40.9 Å². The van der Waals surface area contributed by atoms with E-state index in [4.69, 9.17) is 21.1 Å². The van der Waals surface area contributed by atoms with Gasteiger partial charge in [0.25, 0.3) is 5.91 Å². The van der Waals surface area contributed by atoms with Crippen molar-refractivity contribution in [2.75, 3.05) is 20.3 Å². The monoisotopic (exact) mass is 377 g/mol. The van der Waals surface area contributed by atoms with Crippen LogP contribution in [0.2, 0.25) is 5.02 Å². The summed E-state index contributed by atoms with van der Waals surface area (Å²) in [6.07, 6.45) is 8.72. The van der Waals surface area contributed by atoms with Crippen LogP contribution >= 0.6 is 11.6 Å². The predicted molar refractivity (Wildman–Crippen MR) is 99.5 cm³/mol. The van der Waals surface area contributed by atoms with Gasteiger partial charge in [-0.3, -0.25) is 4.79 Å². The molecule has 1 heterocycles. The molecule has 0 N–H and O–H groups in total. The number of nitrogens with zero attached hydrogens (tertiary/aromatic N) is 1. The molecule has 6 heteroatoms. The van der Waals surface area contributed by atoms with Crippen LogP contribution in [0.1, 0.15) is 42.5 Å². The van der Waals surface area contributed by atoms with Crippen LogP contribution in [0.15, 0.2) is 30.4 Å². The van der Waals surface area contributed by atoms with Gasteiger partial charge < -0.3 is 14.4 Å². The van der Waals surface area contributed by atoms with E-state index in [1.54, 1.807) is 23.1 Å². The van der Waals surface area contributed by atoms with E-state index < -0.39 is 6.04 Å². The summed E-state index contributed by atoms with van der Waals surface area (Å²) in [4.78, 5) is 27.1. The predicted octanol–water partition coefficient (Wildman–Crippen LogP) is 3.85. The molecule has 5 nitrogen and oxygen atoms in total. The van der Waals surface area contributed by atoms with Gasteiger partial charge in [-0.1, -0.05) is 23.8 Å². The van der Waals surface area contributed by atoms with E-state index in [1.165, 1.54) is 7.11 Å². The van der Waals surface area contributed by atoms with E-state index in [0.29, 0.717) is 41.8 Å². The van der Waals surface area contributed by atoms with Crippen LogP contribution in [-0.2, 0) is 9.53 Å². The topological polar surface area (TPSA) is 55.8 Å². The highest BCUT2D eigenvalue weighted by Gasteiger charge is 2.36. The SMILES string of the molecule is COc1ccc(Cl)cc1C(=O)N1CCCC1C(=O)OCC1CC=CCC1. The zero-order valence-corrected chi connectivity index (χ0v) is 15.7. The Hall–Kier alpha value is -2.01. The number of halogens is 1. The van der Waals surface area contributed by atoms with E-state index in [-0.39, 0.29) is 11.9 Å². The van der Waals surface area contributed by atoms with E-state index in [2.05, 4.69) is 12.2 Å². The van der Waals surface area contributed by atoms with Crippen molar-refractivity contribution in [3.63, 3.8) is 0 Å². The number of hydrogen-bond acceptors (Lipinski definition) is 4. The number of ether oxygens (including phenoxy) is 2. The van der Waals surface area contributed by atoms with E-state index >= 15 is 0 Å². The van der Waals surface area contributed by atoms with Gasteiger partial charge in [0.15, 0.2) is 0 Å². The number of carbonyl (C=O) groups excluding carboxylic acids is 2. The number of methoxy groups -OCH3 is 1. The molecule has 0 bridgehead atoms. The number of amides is 1. The molecule has 3 rings (SSSR count). The van der Waals surface area contributed by atoms with Crippen LogP contribution in [-0.4, -0.2) is 43.1 Å². The summed E-state index contributed by atoms with van der Waals surface area (Å²) in [5, 5.41) is 0.456. The Morgan fingerprint density at radius 1 is 1.27 bits per heavy atom. The van der Waals surface area contributed by atoms with Crippen molar-refractivity contribution in [3.8, 4) is 5.75 Å². The molecule has 2 unspecified atom stereocenters. The molecule has 26 heavy (non-hydrogen) atoms. The third-order valence-corrected chi connectivity index (χ3v) is 5.25. The van der Waals surface area contributed by atoms with Crippen molar-refractivity contribution < 1.29 is 19.1 Å². The van der Waals surface area contributed by atoms with E-state index in [0.717, 1.165) is 25.7 Å². The molecule has 2 atom stereocenters. The van der Waals surface area contributed by atoms with Crippen molar-refractivity contribution in [2.24, 2.45) is 5.92 Å². The fourth-order valence-electron chi connectivity index (χ4n) is 3.56. The molecule has 1 aromatic rings. The van der Waals surface area contributed by atoms with Crippen LogP contribution < -0.4 is 4.74 Å². The zero-order chi connectivity index (χ0) is 18.5. The minimum atomic E-state index is -0.537. The lowest BCUT2D eigenvalue weighted by molar-refractivity contribution is -0.149. The molecule has 1 saturated heterocycles. The van der Waals surface area contributed by atoms with Crippen LogP contribution in [0.5, 0.6) is 5.75 Å². The summed E-state index contributed by atoms with van der Waals surface area (Å²) in [5.74, 6) is 0.269. The Bertz CT molecular complexity index is 703. The van der Waals surface area contributed by atoms with Gasteiger partial charge in [-0.15, -0.1) is 0 Å². The summed E-state index contributed by atoms with van der Waals surface area (Å²) in [6.45, 7) is 0.947. The van der Waals surface area contributed by atoms with Gasteiger partial charge in [0.05, 0.1) is 19.3 Å². The van der Waals surface area contributed by atoms with Gasteiger partial charge in [0, 0.05) is 11.6 Å². The average Bonchev–Trinajstić information content (AvgIpc) is 3.16. The van der Waals surface area contributed by atoms with Crippen molar-refractivity contribution in [2.45, 2.75) is 38.1 Å². The molecule has 1 aliphatic heterocycles. The lowest BCUT2D eigenvalue weighted by Crippen LogP contribution is -2.42. The molecule has 0 saturated carbocycles. The molecular formula is C20H24ClNO4. The van der Waals surface area contributed by atoms with Gasteiger partial charge in [-0.25, -0.2) is 4.79 Å². The van der Waals surface area contributed by atoms with Crippen LogP contribution in [0.4, 0.5) is 0 Å². The number of rotatable bonds is 5. The quantitative estimate of drug-likeness (QED) is 0.577. The number of likely N-dealkylation sites (tertiary alicyclic amines) is 1. The number of carbonyl (C=O) groups is 2. The lowest BCUT2D eigenvalue weighted by Gasteiger charge is -2.25. The molecule has 1 amide bonds. The molecule has 2 aliphatic rings. The largest absolute Gasteiger partial charge is 0.496 e. The fourth-order valence-corrected chi connectivity index (χ4v) is 3.73. The summed E-state index contributed by atoms with van der Waals surface area (Å²) >= 11 is 6.04. The maximum absolute atomic E-state index is 13.0. The molecule has 0 spiro atoms. The van der Waals surface area contributed by atoms with Crippen LogP contribution in [0.3, 0.4) is 0 Å². The number of hydrogen-bond donors (Lipinski definition) is 0. The first-order valence-corrected chi connectivity index (χ1v) is 9.44. The fraction of sp³-hybridized carbons (Fsp3) is 0.500. The van der Waals surface area contributed by atoms with Gasteiger partial charge in [-0.05, 0) is 56.2 Å². The number of esters is 1. The van der Waals surface area contributed by atoms with Gasteiger partial charge >= 0.3 is 5.97 Å². The van der Waals surface area contributed by atoms with Gasteiger partial charge in [0.2, 0.25) is 0 Å². The standard InChI is InChI=1S/C20H24ClNO4/c1-25-18-10-9-15(21)12-16(18)19(23)22-11-5-8-17(22)20(24)26-13-14-6-3-2-4-7-14/h2-3,9-10,12,14,17H,4-8,11,13H2,1H3. The van der Waals surface area contributed by atoms with Gasteiger partial charge in [-0.2, -0.15) is 0 Å². The Kier molecular flexibility index (Phi) is 6.20. The first-order chi connectivity index (χ1) is 12.6. The molecule has 140 valence electrons. The van der Waals surface area contributed by atoms with Crippen molar-refractivity contribution in [1.82, 2.24) is 4.90 Å². The highest BCUT2D eigenvalue weighted by molar-refractivity contribution is 6.31. The minimum absolute atomic E-state index is 0.246. The molecule has 1 fully saturated rings. The smallest absolute Gasteiger partial charge is 0.328 e. The van der Waals surface area contributed by atoms with Crippen molar-refractivity contribution in [1.29, 1.82) is 0 Å². The van der Waals surface area contributed by atoms with E-state index in [1.807, 2.05) is 0 Å². The average molecular weight is 378 g/mol.